The van der Waals surface area contributed by atoms with Crippen LogP contribution in [-0.2, 0) is 14.2 Å². The van der Waals surface area contributed by atoms with E-state index in [1.165, 1.54) is 16.2 Å². The second-order valence-corrected chi connectivity index (χ2v) is 15.2. The van der Waals surface area contributed by atoms with E-state index in [4.69, 9.17) is 30.8 Å². The van der Waals surface area contributed by atoms with Crippen molar-refractivity contribution in [2.45, 2.75) is 65.7 Å². The number of thiophene rings is 1. The van der Waals surface area contributed by atoms with Crippen LogP contribution in [0.25, 0.3) is 32.2 Å². The quantitative estimate of drug-likeness (QED) is 0.146. The van der Waals surface area contributed by atoms with Crippen molar-refractivity contribution in [3.05, 3.63) is 53.9 Å². The average molecular weight is 926 g/mol. The van der Waals surface area contributed by atoms with Gasteiger partial charge in [-0.25, -0.2) is 24.5 Å². The first kappa shape index (κ1) is 38.9. The molecule has 0 aliphatic carbocycles. The molecular formula is C35H41ClN5O6PaS-. The summed E-state index contributed by atoms with van der Waals surface area (Å²) in [6.45, 7) is 15.0. The molecule has 1 saturated heterocycles. The molecule has 1 aromatic carbocycles. The Morgan fingerprint density at radius 1 is 0.959 bits per heavy atom. The molecule has 11 nitrogen and oxygen atoms in total. The zero-order valence-electron chi connectivity index (χ0n) is 29.1. The summed E-state index contributed by atoms with van der Waals surface area (Å²) >= 11 is 7.69. The molecule has 4 aromatic rings. The van der Waals surface area contributed by atoms with Gasteiger partial charge in [0.15, 0.2) is 0 Å². The van der Waals surface area contributed by atoms with Crippen LogP contribution >= 0.6 is 22.9 Å². The molecule has 0 N–H and O–H groups in total. The Balaban J connectivity index is 0.00000270. The van der Waals surface area contributed by atoms with E-state index in [1.807, 2.05) is 30.3 Å². The van der Waals surface area contributed by atoms with E-state index >= 15 is 0 Å². The van der Waals surface area contributed by atoms with Gasteiger partial charge in [0.25, 0.3) is 5.91 Å². The monoisotopic (exact) mass is 925 g/mol. The fourth-order valence-corrected chi connectivity index (χ4v) is 7.10. The van der Waals surface area contributed by atoms with Crippen molar-refractivity contribution in [2.75, 3.05) is 42.6 Å². The van der Waals surface area contributed by atoms with Crippen LogP contribution in [0.4, 0.5) is 21.1 Å². The molecule has 2 aliphatic rings. The van der Waals surface area contributed by atoms with Gasteiger partial charge >= 0.3 is 12.2 Å². The van der Waals surface area contributed by atoms with E-state index in [1.54, 1.807) is 54.5 Å². The Bertz CT molecular complexity index is 1900. The first-order valence-electron chi connectivity index (χ1n) is 15.5. The Morgan fingerprint density at radius 3 is 2.27 bits per heavy atom. The van der Waals surface area contributed by atoms with Crippen molar-refractivity contribution < 1.29 is 60.9 Å². The summed E-state index contributed by atoms with van der Waals surface area (Å²) in [6.07, 6.45) is -1.39. The maximum atomic E-state index is 14.2. The van der Waals surface area contributed by atoms with Gasteiger partial charge in [-0.1, -0.05) is 11.6 Å². The van der Waals surface area contributed by atoms with Crippen molar-refractivity contribution in [3.8, 4) is 11.3 Å². The molecule has 2 aliphatic heterocycles. The first-order valence-corrected chi connectivity index (χ1v) is 16.7. The summed E-state index contributed by atoms with van der Waals surface area (Å²) in [5.74, 6) is 0.222. The molecule has 6 rings (SSSR count). The number of halogens is 1. The molecule has 0 unspecified atom stereocenters. The summed E-state index contributed by atoms with van der Waals surface area (Å²) in [5, 5.41) is 1.79. The van der Waals surface area contributed by atoms with Gasteiger partial charge in [-0.05, 0) is 84.9 Å². The molecule has 3 aromatic heterocycles. The number of nitrogens with zero attached hydrogens (tertiary/aromatic N) is 5. The molecule has 1 atom stereocenters. The van der Waals surface area contributed by atoms with Gasteiger partial charge in [-0.15, -0.1) is 11.3 Å². The first-order chi connectivity index (χ1) is 22.1. The minimum Gasteiger partial charge on any atom is -0.443 e. The summed E-state index contributed by atoms with van der Waals surface area (Å²) in [5.41, 5.74) is 0.946. The smallest absolute Gasteiger partial charge is 0.417 e. The van der Waals surface area contributed by atoms with Gasteiger partial charge in [-0.3, -0.25) is 9.69 Å². The van der Waals surface area contributed by atoms with Gasteiger partial charge in [-0.2, -0.15) is 0 Å². The summed E-state index contributed by atoms with van der Waals surface area (Å²) < 4.78 is 17.7. The molecule has 3 amide bonds. The Morgan fingerprint density at radius 2 is 1.61 bits per heavy atom. The molecule has 259 valence electrons. The molecule has 49 heavy (non-hydrogen) atoms. The maximum Gasteiger partial charge on any atom is 0.417 e. The van der Waals surface area contributed by atoms with Gasteiger partial charge in [0.05, 0.1) is 42.7 Å². The normalized spacial score (nSPS) is 16.9. The van der Waals surface area contributed by atoms with Crippen molar-refractivity contribution >= 4 is 73.5 Å². The van der Waals surface area contributed by atoms with Crippen molar-refractivity contribution in [2.24, 2.45) is 0 Å². The minimum atomic E-state index is -0.821. The Hall–Kier alpha value is -2.91. The number of anilines is 2. The number of rotatable bonds is 2. The van der Waals surface area contributed by atoms with Crippen LogP contribution in [0, 0.1) is 39.7 Å². The number of amides is 3. The molecule has 0 spiro atoms. The Kier molecular flexibility index (Phi) is 11.7. The van der Waals surface area contributed by atoms with E-state index in [-0.39, 0.29) is 51.2 Å². The zero-order valence-corrected chi connectivity index (χ0v) is 35.5. The number of morpholine rings is 1. The van der Waals surface area contributed by atoms with Gasteiger partial charge in [0, 0.05) is 66.4 Å². The average Bonchev–Trinajstić information content (AvgIpc) is 3.33. The third-order valence-electron chi connectivity index (χ3n) is 7.68. The number of ether oxygens (including phenoxy) is 3. The third-order valence-corrected chi connectivity index (χ3v) is 9.01. The second-order valence-electron chi connectivity index (χ2n) is 13.7. The number of carbonyl (C=O) groups is 3. The largest absolute Gasteiger partial charge is 0.443 e. The predicted octanol–water partition coefficient (Wildman–Crippen LogP) is 7.97. The van der Waals surface area contributed by atoms with E-state index in [0.29, 0.717) is 40.7 Å². The van der Waals surface area contributed by atoms with Gasteiger partial charge in [0.2, 0.25) is 0 Å². The second kappa shape index (κ2) is 14.7. The summed E-state index contributed by atoms with van der Waals surface area (Å²) in [4.78, 5) is 55.8. The summed E-state index contributed by atoms with van der Waals surface area (Å²) in [6, 6.07) is 10.7. The number of pyridine rings is 2. The Labute approximate surface area is 320 Å². The van der Waals surface area contributed by atoms with E-state index in [9.17, 15) is 14.4 Å². The number of hydrogen-bond donors (Lipinski definition) is 0. The van der Waals surface area contributed by atoms with Crippen molar-refractivity contribution in [3.63, 3.8) is 0 Å². The van der Waals surface area contributed by atoms with Crippen molar-refractivity contribution in [1.82, 2.24) is 14.9 Å². The number of benzene rings is 1. The fourth-order valence-electron chi connectivity index (χ4n) is 5.74. The van der Waals surface area contributed by atoms with Gasteiger partial charge in [0.1, 0.15) is 27.1 Å². The predicted molar refractivity (Wildman–Crippen MR) is 190 cm³/mol. The number of aromatic nitrogens is 2. The van der Waals surface area contributed by atoms with Crippen LogP contribution in [0.5, 0.6) is 0 Å². The van der Waals surface area contributed by atoms with E-state index in [2.05, 4.69) is 9.88 Å². The van der Waals surface area contributed by atoms with Crippen molar-refractivity contribution in [1.29, 1.82) is 0 Å². The standard InChI is InChI=1S/C34H38ClN5O6S.CH3.Pa/c1-19-18-39(31(42)45-33(2,3)4)28-27-21-8-9-22(20-16-25(35)37-26(17-20)38-12-14-44-15-13-38)36-23(21)10-11-24(27)47-29(28)30(41)40(19)32(43)46-34(5,6)7;;/h8-11,16-17,19H,12-15,18H2,1-7H3;1H3;/q;-1;/t19-;;/m1../s1. The fraction of sp³-hybridized carbons (Fsp3) is 0.429. The van der Waals surface area contributed by atoms with Crippen LogP contribution < -0.4 is 9.80 Å². The minimum absolute atomic E-state index is 0. The molecule has 0 bridgehead atoms. The number of fused-ring (bicyclic) bond motifs is 5. The van der Waals surface area contributed by atoms with Crippen LogP contribution in [-0.4, -0.2) is 83.1 Å². The van der Waals surface area contributed by atoms with Crippen LogP contribution in [0.1, 0.15) is 58.1 Å². The number of hydrogen-bond acceptors (Lipinski definition) is 10. The maximum absolute atomic E-state index is 14.2. The molecule has 0 saturated carbocycles. The SMILES string of the molecule is C[C@@H]1CN(C(=O)OC(C)(C)C)c2c(sc3ccc4nc(-c5cc(Cl)nc(N6CCOCC6)c5)ccc4c23)C(=O)N1C(=O)OC(C)(C)C.[CH3-].[Pa]. The topological polar surface area (TPSA) is 114 Å². The van der Waals surface area contributed by atoms with E-state index in [0.717, 1.165) is 39.5 Å². The molecule has 5 heterocycles. The zero-order chi connectivity index (χ0) is 33.8. The van der Waals surface area contributed by atoms with E-state index < -0.39 is 35.3 Å². The molecule has 1 radical (unpaired) electrons. The van der Waals surface area contributed by atoms with Gasteiger partial charge < -0.3 is 26.5 Å². The third kappa shape index (κ3) is 8.19. The number of carbonyl (C=O) groups excluding carboxylic acids is 3. The number of imide groups is 1. The van der Waals surface area contributed by atoms with Crippen LogP contribution in [0.2, 0.25) is 5.15 Å². The van der Waals surface area contributed by atoms with Crippen LogP contribution in [0.3, 0.4) is 0 Å². The summed E-state index contributed by atoms with van der Waals surface area (Å²) in [7, 11) is 0. The van der Waals surface area contributed by atoms with Crippen LogP contribution in [0.15, 0.2) is 36.4 Å². The molecule has 1 fully saturated rings. The molecule has 14 heteroatoms. The molecular weight excluding hydrogens is 885 g/mol.